The molecular formula is C40H61ClN2O5. The van der Waals surface area contributed by atoms with Crippen LogP contribution in [0.2, 0.25) is 5.02 Å². The van der Waals surface area contributed by atoms with Crippen LogP contribution in [0.5, 0.6) is 5.75 Å². The van der Waals surface area contributed by atoms with Crippen molar-refractivity contribution < 1.29 is 24.2 Å². The number of amides is 2. The molecule has 0 aliphatic carbocycles. The highest BCUT2D eigenvalue weighted by molar-refractivity contribution is 6.30. The Morgan fingerprint density at radius 2 is 1.19 bits per heavy atom. The van der Waals surface area contributed by atoms with Crippen LogP contribution in [0, 0.1) is 16.2 Å². The Labute approximate surface area is 295 Å². The van der Waals surface area contributed by atoms with E-state index >= 15 is 0 Å². The summed E-state index contributed by atoms with van der Waals surface area (Å²) in [6.07, 6.45) is 0.742. The first kappa shape index (κ1) is 42.9. The maximum Gasteiger partial charge on any atom is 0.263 e. The molecule has 0 fully saturated rings. The van der Waals surface area contributed by atoms with Gasteiger partial charge in [-0.25, -0.2) is 0 Å². The molecule has 3 N–H and O–H groups in total. The van der Waals surface area contributed by atoms with Crippen LogP contribution in [-0.4, -0.2) is 47.5 Å². The molecule has 2 rings (SSSR count). The van der Waals surface area contributed by atoms with E-state index in [4.69, 9.17) is 16.3 Å². The molecule has 0 heterocycles. The molecule has 0 bridgehead atoms. The standard InChI is InChI=1S/C38H55ClN2O5.C2H6/c1-25(2)26(3)37(8,9)36(6,7)24-35(4,5)33(44)40-22-20-30(42)21-23-41-34(45)38(10,11)46-31-18-14-28(15-19-31)32(43)27-12-16-29(39)17-13-27;1-2/h12-19,30,42H,20-24H2,1-11H3,(H,40,44)(H,41,45);1-2H3. The summed E-state index contributed by atoms with van der Waals surface area (Å²) in [5.41, 5.74) is 1.71. The van der Waals surface area contributed by atoms with E-state index in [1.165, 1.54) is 11.1 Å². The lowest BCUT2D eigenvalue weighted by Gasteiger charge is -2.47. The molecule has 0 radical (unpaired) electrons. The minimum Gasteiger partial charge on any atom is -0.478 e. The third-order valence-corrected chi connectivity index (χ3v) is 9.80. The molecule has 0 spiro atoms. The molecule has 48 heavy (non-hydrogen) atoms. The van der Waals surface area contributed by atoms with E-state index in [1.54, 1.807) is 62.4 Å². The van der Waals surface area contributed by atoms with Crippen molar-refractivity contribution in [1.82, 2.24) is 10.6 Å². The van der Waals surface area contributed by atoms with Crippen LogP contribution >= 0.6 is 11.6 Å². The highest BCUT2D eigenvalue weighted by atomic mass is 35.5. The Kier molecular flexibility index (Phi) is 16.1. The van der Waals surface area contributed by atoms with Gasteiger partial charge in [0.15, 0.2) is 11.4 Å². The number of halogens is 1. The molecule has 0 aliphatic heterocycles. The molecule has 8 heteroatoms. The predicted octanol–water partition coefficient (Wildman–Crippen LogP) is 8.95. The van der Waals surface area contributed by atoms with Crippen LogP contribution in [0.15, 0.2) is 59.7 Å². The van der Waals surface area contributed by atoms with Crippen molar-refractivity contribution in [2.24, 2.45) is 16.2 Å². The van der Waals surface area contributed by atoms with E-state index in [0.717, 1.165) is 0 Å². The zero-order chi connectivity index (χ0) is 37.1. The van der Waals surface area contributed by atoms with Gasteiger partial charge in [-0.15, -0.1) is 0 Å². The number of aliphatic hydroxyl groups is 1. The fraction of sp³-hybridized carbons (Fsp3) is 0.575. The highest BCUT2D eigenvalue weighted by Crippen LogP contribution is 2.51. The Bertz CT molecular complexity index is 1390. The van der Waals surface area contributed by atoms with Gasteiger partial charge in [0, 0.05) is 34.7 Å². The monoisotopic (exact) mass is 684 g/mol. The van der Waals surface area contributed by atoms with Gasteiger partial charge in [0.2, 0.25) is 5.91 Å². The number of carbonyl (C=O) groups is 3. The number of ketones is 1. The van der Waals surface area contributed by atoms with Gasteiger partial charge in [-0.2, -0.15) is 0 Å². The molecule has 0 aliphatic rings. The van der Waals surface area contributed by atoms with Crippen molar-refractivity contribution in [2.75, 3.05) is 13.1 Å². The van der Waals surface area contributed by atoms with Gasteiger partial charge < -0.3 is 20.5 Å². The van der Waals surface area contributed by atoms with Gasteiger partial charge in [0.25, 0.3) is 5.91 Å². The Morgan fingerprint density at radius 3 is 1.65 bits per heavy atom. The molecule has 0 saturated carbocycles. The summed E-state index contributed by atoms with van der Waals surface area (Å²) < 4.78 is 5.93. The van der Waals surface area contributed by atoms with Crippen molar-refractivity contribution in [2.45, 2.75) is 121 Å². The second-order valence-corrected chi connectivity index (χ2v) is 15.3. The molecule has 1 unspecified atom stereocenters. The predicted molar refractivity (Wildman–Crippen MR) is 199 cm³/mol. The summed E-state index contributed by atoms with van der Waals surface area (Å²) >= 11 is 5.91. The maximum atomic E-state index is 13.1. The fourth-order valence-electron chi connectivity index (χ4n) is 5.62. The minimum absolute atomic E-state index is 0.0343. The van der Waals surface area contributed by atoms with Gasteiger partial charge in [-0.3, -0.25) is 14.4 Å². The molecule has 2 amide bonds. The maximum absolute atomic E-state index is 13.1. The molecule has 268 valence electrons. The van der Waals surface area contributed by atoms with Crippen LogP contribution in [0.4, 0.5) is 0 Å². The average Bonchev–Trinajstić information content (AvgIpc) is 3.01. The first-order valence-corrected chi connectivity index (χ1v) is 17.5. The topological polar surface area (TPSA) is 105 Å². The molecule has 1 atom stereocenters. The first-order valence-electron chi connectivity index (χ1n) is 17.1. The smallest absolute Gasteiger partial charge is 0.263 e. The number of hydrogen-bond acceptors (Lipinski definition) is 5. The van der Waals surface area contributed by atoms with Gasteiger partial charge >= 0.3 is 0 Å². The van der Waals surface area contributed by atoms with Crippen LogP contribution in [0.25, 0.3) is 0 Å². The zero-order valence-corrected chi connectivity index (χ0v) is 32.4. The lowest BCUT2D eigenvalue weighted by molar-refractivity contribution is -0.134. The van der Waals surface area contributed by atoms with Crippen molar-refractivity contribution >= 4 is 29.2 Å². The Hall–Kier alpha value is -3.16. The molecule has 2 aromatic carbocycles. The van der Waals surface area contributed by atoms with E-state index in [9.17, 15) is 19.5 Å². The molecule has 0 saturated heterocycles. The molecule has 0 aromatic heterocycles. The molecule has 2 aromatic rings. The Morgan fingerprint density at radius 1 is 0.750 bits per heavy atom. The largest absolute Gasteiger partial charge is 0.478 e. The number of aliphatic hydroxyl groups excluding tert-OH is 1. The van der Waals surface area contributed by atoms with E-state index in [0.29, 0.717) is 47.7 Å². The van der Waals surface area contributed by atoms with Crippen molar-refractivity contribution in [3.05, 3.63) is 75.8 Å². The van der Waals surface area contributed by atoms with Crippen LogP contribution in [-0.2, 0) is 9.59 Å². The van der Waals surface area contributed by atoms with Crippen LogP contribution in [0.3, 0.4) is 0 Å². The van der Waals surface area contributed by atoms with E-state index in [1.807, 2.05) is 27.7 Å². The van der Waals surface area contributed by atoms with Gasteiger partial charge in [-0.1, -0.05) is 78.1 Å². The zero-order valence-electron chi connectivity index (χ0n) is 31.7. The number of carbonyl (C=O) groups excluding carboxylic acids is 3. The lowest BCUT2D eigenvalue weighted by atomic mass is 9.58. The lowest BCUT2D eigenvalue weighted by Crippen LogP contribution is -2.47. The number of rotatable bonds is 16. The summed E-state index contributed by atoms with van der Waals surface area (Å²) in [6, 6.07) is 13.3. The van der Waals surface area contributed by atoms with Crippen molar-refractivity contribution in [3.63, 3.8) is 0 Å². The Balaban J connectivity index is 0.00000565. The molecule has 7 nitrogen and oxygen atoms in total. The van der Waals surface area contributed by atoms with Gasteiger partial charge in [0.1, 0.15) is 5.75 Å². The summed E-state index contributed by atoms with van der Waals surface area (Å²) in [4.78, 5) is 38.7. The minimum atomic E-state index is -1.18. The summed E-state index contributed by atoms with van der Waals surface area (Å²) in [7, 11) is 0. The second kappa shape index (κ2) is 18.0. The third-order valence-electron chi connectivity index (χ3n) is 9.55. The first-order chi connectivity index (χ1) is 22.1. The average molecular weight is 685 g/mol. The summed E-state index contributed by atoms with van der Waals surface area (Å²) in [6.45, 7) is 27.3. The van der Waals surface area contributed by atoms with Gasteiger partial charge in [0.05, 0.1) is 6.10 Å². The quantitative estimate of drug-likeness (QED) is 0.121. The van der Waals surface area contributed by atoms with E-state index in [-0.39, 0.29) is 35.0 Å². The van der Waals surface area contributed by atoms with E-state index < -0.39 is 17.1 Å². The van der Waals surface area contributed by atoms with Crippen molar-refractivity contribution in [3.8, 4) is 5.75 Å². The molecular weight excluding hydrogens is 624 g/mol. The number of hydrogen-bond donors (Lipinski definition) is 3. The van der Waals surface area contributed by atoms with Gasteiger partial charge in [-0.05, 0) is 113 Å². The number of benzene rings is 2. The van der Waals surface area contributed by atoms with E-state index in [2.05, 4.69) is 59.1 Å². The van der Waals surface area contributed by atoms with Crippen LogP contribution in [0.1, 0.15) is 125 Å². The number of allylic oxidation sites excluding steroid dienone is 2. The summed E-state index contributed by atoms with van der Waals surface area (Å²) in [5, 5.41) is 16.9. The number of ether oxygens (including phenoxy) is 1. The fourth-order valence-corrected chi connectivity index (χ4v) is 5.75. The number of nitrogens with one attached hydrogen (secondary N) is 2. The van der Waals surface area contributed by atoms with Crippen molar-refractivity contribution in [1.29, 1.82) is 0 Å². The highest BCUT2D eigenvalue weighted by Gasteiger charge is 2.44. The third kappa shape index (κ3) is 12.1. The normalized spacial score (nSPS) is 12.6. The summed E-state index contributed by atoms with van der Waals surface area (Å²) in [5.74, 6) is -0.0521. The second-order valence-electron chi connectivity index (χ2n) is 14.9. The SMILES string of the molecule is CC.CC(C)=C(C)C(C)(C)C(C)(C)CC(C)(C)C(=O)NCCC(O)CCNC(=O)C(C)(C)Oc1ccc(C(=O)c2ccc(Cl)cc2)cc1. The van der Waals surface area contributed by atoms with Crippen LogP contribution < -0.4 is 15.4 Å².